The van der Waals surface area contributed by atoms with E-state index in [4.69, 9.17) is 0 Å². The van der Waals surface area contributed by atoms with Crippen molar-refractivity contribution < 1.29 is 9.59 Å². The number of benzene rings is 2. The monoisotopic (exact) mass is 338 g/mol. The van der Waals surface area contributed by atoms with Gasteiger partial charge < -0.3 is 5.32 Å². The van der Waals surface area contributed by atoms with Crippen molar-refractivity contribution in [2.24, 2.45) is 0 Å². The van der Waals surface area contributed by atoms with Crippen molar-refractivity contribution in [1.29, 1.82) is 0 Å². The van der Waals surface area contributed by atoms with Gasteiger partial charge in [-0.15, -0.1) is 11.8 Å². The Morgan fingerprint density at radius 3 is 2.62 bits per heavy atom. The van der Waals surface area contributed by atoms with Crippen molar-refractivity contribution in [3.63, 3.8) is 0 Å². The molecule has 4 nitrogen and oxygen atoms in total. The van der Waals surface area contributed by atoms with E-state index >= 15 is 0 Å². The summed E-state index contributed by atoms with van der Waals surface area (Å²) in [6, 6.07) is 15.6. The summed E-state index contributed by atoms with van der Waals surface area (Å²) in [6.07, 6.45) is 1.38. The minimum absolute atomic E-state index is 0.00940. The van der Waals surface area contributed by atoms with Gasteiger partial charge in [-0.25, -0.2) is 0 Å². The molecule has 0 aromatic heterocycles. The van der Waals surface area contributed by atoms with Gasteiger partial charge in [-0.3, -0.25) is 14.5 Å². The number of fused-ring (bicyclic) bond motifs is 2. The van der Waals surface area contributed by atoms with E-state index in [1.807, 2.05) is 48.5 Å². The lowest BCUT2D eigenvalue weighted by atomic mass is 10.0. The maximum Gasteiger partial charge on any atom is 0.266 e. The smallest absolute Gasteiger partial charge is 0.266 e. The van der Waals surface area contributed by atoms with Gasteiger partial charge in [0.1, 0.15) is 0 Å². The van der Waals surface area contributed by atoms with Crippen molar-refractivity contribution in [3.05, 3.63) is 59.7 Å². The lowest BCUT2D eigenvalue weighted by Crippen LogP contribution is -2.54. The number of amides is 2. The maximum atomic E-state index is 12.9. The second-order valence-corrected chi connectivity index (χ2v) is 7.28. The molecule has 122 valence electrons. The minimum Gasteiger partial charge on any atom is -0.323 e. The first-order valence-corrected chi connectivity index (χ1v) is 9.12. The van der Waals surface area contributed by atoms with Gasteiger partial charge in [-0.1, -0.05) is 37.3 Å². The Morgan fingerprint density at radius 1 is 1.12 bits per heavy atom. The number of carbonyl (C=O) groups is 2. The third-order valence-electron chi connectivity index (χ3n) is 4.64. The van der Waals surface area contributed by atoms with Crippen LogP contribution in [0.3, 0.4) is 0 Å². The van der Waals surface area contributed by atoms with Crippen LogP contribution in [0.15, 0.2) is 48.5 Å². The quantitative estimate of drug-likeness (QED) is 0.911. The van der Waals surface area contributed by atoms with Crippen LogP contribution >= 0.6 is 11.8 Å². The molecule has 2 aliphatic heterocycles. The van der Waals surface area contributed by atoms with Gasteiger partial charge in [0.05, 0.1) is 0 Å². The van der Waals surface area contributed by atoms with Gasteiger partial charge in [-0.2, -0.15) is 0 Å². The molecule has 2 aromatic rings. The Morgan fingerprint density at radius 2 is 1.88 bits per heavy atom. The van der Waals surface area contributed by atoms with Gasteiger partial charge in [-0.05, 0) is 30.2 Å². The van der Waals surface area contributed by atoms with Gasteiger partial charge in [0.25, 0.3) is 5.91 Å². The standard InChI is InChI=1S/C19H18N2O2S/c1-2-13-7-9-14(10-8-13)21-17(22)11-12-24-19(21)15-5-3-4-6-16(15)20-18(19)23/h3-10H,2,11-12H2,1H3,(H,20,23). The first-order valence-electron chi connectivity index (χ1n) is 8.13. The molecule has 2 amide bonds. The van der Waals surface area contributed by atoms with Crippen molar-refractivity contribution in [3.8, 4) is 0 Å². The number of carbonyl (C=O) groups excluding carboxylic acids is 2. The number of hydrogen-bond acceptors (Lipinski definition) is 3. The molecule has 1 fully saturated rings. The molecule has 1 saturated heterocycles. The van der Waals surface area contributed by atoms with Crippen LogP contribution in [-0.2, 0) is 20.9 Å². The van der Waals surface area contributed by atoms with Crippen LogP contribution in [0.2, 0.25) is 0 Å². The predicted molar refractivity (Wildman–Crippen MR) is 97.1 cm³/mol. The second kappa shape index (κ2) is 5.67. The Labute approximate surface area is 145 Å². The Balaban J connectivity index is 1.89. The van der Waals surface area contributed by atoms with Crippen molar-refractivity contribution >= 4 is 35.0 Å². The largest absolute Gasteiger partial charge is 0.323 e. The third kappa shape index (κ3) is 2.08. The number of thioether (sulfide) groups is 1. The summed E-state index contributed by atoms with van der Waals surface area (Å²) in [5.41, 5.74) is 3.64. The fourth-order valence-electron chi connectivity index (χ4n) is 3.43. The van der Waals surface area contributed by atoms with Gasteiger partial charge in [0.15, 0.2) is 0 Å². The zero-order chi connectivity index (χ0) is 16.7. The Hall–Kier alpha value is -2.27. The highest BCUT2D eigenvalue weighted by Gasteiger charge is 2.56. The molecular weight excluding hydrogens is 320 g/mol. The van der Waals surface area contributed by atoms with Gasteiger partial charge >= 0.3 is 0 Å². The summed E-state index contributed by atoms with van der Waals surface area (Å²) in [4.78, 5) is 26.4. The third-order valence-corrected chi connectivity index (χ3v) is 6.06. The molecular formula is C19H18N2O2S. The summed E-state index contributed by atoms with van der Waals surface area (Å²) >= 11 is 1.53. The summed E-state index contributed by atoms with van der Waals surface area (Å²) in [5, 5.41) is 2.95. The second-order valence-electron chi connectivity index (χ2n) is 5.99. The first-order chi connectivity index (χ1) is 11.7. The highest BCUT2D eigenvalue weighted by molar-refractivity contribution is 8.01. The molecule has 1 N–H and O–H groups in total. The fraction of sp³-hybridized carbons (Fsp3) is 0.263. The number of anilines is 2. The predicted octanol–water partition coefficient (Wildman–Crippen LogP) is 3.52. The number of aryl methyl sites for hydroxylation is 1. The molecule has 0 radical (unpaired) electrons. The average molecular weight is 338 g/mol. The van der Waals surface area contributed by atoms with Crippen LogP contribution in [0.25, 0.3) is 0 Å². The summed E-state index contributed by atoms with van der Waals surface area (Å²) in [5.74, 6) is 0.496. The normalized spacial score (nSPS) is 22.6. The van der Waals surface area contributed by atoms with E-state index < -0.39 is 4.87 Å². The van der Waals surface area contributed by atoms with Gasteiger partial charge in [0.2, 0.25) is 10.8 Å². The van der Waals surface area contributed by atoms with Crippen LogP contribution in [0.4, 0.5) is 11.4 Å². The Kier molecular flexibility index (Phi) is 3.61. The fourth-order valence-corrected chi connectivity index (χ4v) is 4.85. The van der Waals surface area contributed by atoms with Crippen molar-refractivity contribution in [1.82, 2.24) is 0 Å². The minimum atomic E-state index is -1.00. The molecule has 2 aliphatic rings. The zero-order valence-electron chi connectivity index (χ0n) is 13.4. The van der Waals surface area contributed by atoms with Gasteiger partial charge in [0, 0.05) is 29.1 Å². The average Bonchev–Trinajstić information content (AvgIpc) is 2.88. The van der Waals surface area contributed by atoms with Crippen LogP contribution in [0, 0.1) is 0 Å². The van der Waals surface area contributed by atoms with E-state index in [2.05, 4.69) is 12.2 Å². The lowest BCUT2D eigenvalue weighted by molar-refractivity contribution is -0.124. The van der Waals surface area contributed by atoms with Crippen LogP contribution in [0.5, 0.6) is 0 Å². The summed E-state index contributed by atoms with van der Waals surface area (Å²) in [6.45, 7) is 2.10. The molecule has 5 heteroatoms. The SMILES string of the molecule is CCc1ccc(N2C(=O)CCSC23C(=O)Nc2ccccc23)cc1. The number of hydrogen-bond donors (Lipinski definition) is 1. The van der Waals surface area contributed by atoms with Crippen molar-refractivity contribution in [2.45, 2.75) is 24.6 Å². The molecule has 1 atom stereocenters. The molecule has 2 heterocycles. The summed E-state index contributed by atoms with van der Waals surface area (Å²) < 4.78 is 0. The zero-order valence-corrected chi connectivity index (χ0v) is 14.2. The number of para-hydroxylation sites is 1. The van der Waals surface area contributed by atoms with Crippen LogP contribution in [0.1, 0.15) is 24.5 Å². The van der Waals surface area contributed by atoms with E-state index in [-0.39, 0.29) is 11.8 Å². The molecule has 0 aliphatic carbocycles. The molecule has 1 spiro atoms. The molecule has 1 unspecified atom stereocenters. The maximum absolute atomic E-state index is 12.9. The van der Waals surface area contributed by atoms with Crippen LogP contribution in [-0.4, -0.2) is 17.6 Å². The lowest BCUT2D eigenvalue weighted by Gasteiger charge is -2.42. The topological polar surface area (TPSA) is 49.4 Å². The molecule has 0 saturated carbocycles. The highest BCUT2D eigenvalue weighted by atomic mass is 32.2. The van der Waals surface area contributed by atoms with Crippen molar-refractivity contribution in [2.75, 3.05) is 16.0 Å². The van der Waals surface area contributed by atoms with Crippen LogP contribution < -0.4 is 10.2 Å². The molecule has 24 heavy (non-hydrogen) atoms. The van der Waals surface area contributed by atoms with E-state index in [1.165, 1.54) is 17.3 Å². The van der Waals surface area contributed by atoms with E-state index in [9.17, 15) is 9.59 Å². The Bertz CT molecular complexity index is 818. The van der Waals surface area contributed by atoms with E-state index in [0.29, 0.717) is 12.2 Å². The molecule has 4 rings (SSSR count). The number of nitrogens with zero attached hydrogens (tertiary/aromatic N) is 1. The molecule has 0 bridgehead atoms. The van der Waals surface area contributed by atoms with E-state index in [1.54, 1.807) is 4.90 Å². The number of rotatable bonds is 2. The number of nitrogens with one attached hydrogen (secondary N) is 1. The van der Waals surface area contributed by atoms with E-state index in [0.717, 1.165) is 23.4 Å². The summed E-state index contributed by atoms with van der Waals surface area (Å²) in [7, 11) is 0. The first kappa shape index (κ1) is 15.3. The molecule has 2 aromatic carbocycles. The highest BCUT2D eigenvalue weighted by Crippen LogP contribution is 2.52.